The van der Waals surface area contributed by atoms with Crippen LogP contribution in [-0.2, 0) is 4.79 Å². The Kier molecular flexibility index (Phi) is 3.60. The zero-order valence-corrected chi connectivity index (χ0v) is 14.1. The maximum absolute atomic E-state index is 13.5. The molecule has 0 spiro atoms. The zero-order valence-electron chi connectivity index (χ0n) is 13.3. The van der Waals surface area contributed by atoms with Gasteiger partial charge in [0.15, 0.2) is 0 Å². The van der Waals surface area contributed by atoms with Crippen molar-refractivity contribution in [3.8, 4) is 0 Å². The molecule has 6 heteroatoms. The van der Waals surface area contributed by atoms with E-state index < -0.39 is 11.9 Å². The van der Waals surface area contributed by atoms with E-state index in [9.17, 15) is 19.1 Å². The number of aliphatic carboxylic acids is 1. The molecule has 4 nitrogen and oxygen atoms in total. The van der Waals surface area contributed by atoms with Crippen LogP contribution in [0.5, 0.6) is 0 Å². The molecule has 126 valence electrons. The number of hydrogen-bond acceptors (Lipinski definition) is 3. The molecule has 4 rings (SSSR count). The molecule has 1 aliphatic carbocycles. The van der Waals surface area contributed by atoms with Crippen LogP contribution in [0.2, 0.25) is 0 Å². The van der Waals surface area contributed by atoms with Crippen molar-refractivity contribution >= 4 is 33.3 Å². The van der Waals surface area contributed by atoms with Crippen molar-refractivity contribution in [2.24, 2.45) is 17.8 Å². The minimum absolute atomic E-state index is 0.0681. The predicted molar refractivity (Wildman–Crippen MR) is 89.8 cm³/mol. The zero-order chi connectivity index (χ0) is 17.0. The standard InChI is InChI=1S/C18H18FNO3S/c1-9-12-6-11(19)4-5-15(12)24-16(9)17(21)20-7-13(10-2-3-10)14(8-20)18(22)23/h4-6,10,13-14H,2-3,7-8H2,1H3,(H,22,23)/t13-,14+/m1/s1. The maximum atomic E-state index is 13.5. The fourth-order valence-electron chi connectivity index (χ4n) is 3.80. The van der Waals surface area contributed by atoms with Crippen LogP contribution in [0.3, 0.4) is 0 Å². The lowest BCUT2D eigenvalue weighted by Gasteiger charge is -2.15. The molecule has 0 unspecified atom stereocenters. The van der Waals surface area contributed by atoms with Gasteiger partial charge in [0.2, 0.25) is 0 Å². The number of amides is 1. The predicted octanol–water partition coefficient (Wildman–Crippen LogP) is 3.53. The monoisotopic (exact) mass is 347 g/mol. The molecule has 1 saturated carbocycles. The summed E-state index contributed by atoms with van der Waals surface area (Å²) >= 11 is 1.36. The van der Waals surface area contributed by atoms with Crippen LogP contribution in [0.25, 0.3) is 10.1 Å². The Morgan fingerprint density at radius 1 is 1.29 bits per heavy atom. The number of nitrogens with zero attached hydrogens (tertiary/aromatic N) is 1. The second kappa shape index (κ2) is 5.55. The molecular formula is C18H18FNO3S. The summed E-state index contributed by atoms with van der Waals surface area (Å²) in [4.78, 5) is 26.7. The van der Waals surface area contributed by atoms with Gasteiger partial charge in [0.05, 0.1) is 10.8 Å². The van der Waals surface area contributed by atoms with Gasteiger partial charge in [-0.25, -0.2) is 4.39 Å². The lowest BCUT2D eigenvalue weighted by Crippen LogP contribution is -2.29. The molecule has 2 fully saturated rings. The molecule has 1 aliphatic heterocycles. The molecule has 2 aromatic rings. The van der Waals surface area contributed by atoms with E-state index in [-0.39, 0.29) is 24.2 Å². The van der Waals surface area contributed by atoms with Crippen LogP contribution < -0.4 is 0 Å². The van der Waals surface area contributed by atoms with Crippen molar-refractivity contribution in [2.75, 3.05) is 13.1 Å². The van der Waals surface area contributed by atoms with E-state index in [0.717, 1.165) is 28.5 Å². The van der Waals surface area contributed by atoms with Gasteiger partial charge >= 0.3 is 5.97 Å². The van der Waals surface area contributed by atoms with E-state index in [2.05, 4.69) is 0 Å². The Bertz CT molecular complexity index is 842. The number of benzene rings is 1. The molecule has 2 atom stereocenters. The van der Waals surface area contributed by atoms with E-state index in [1.165, 1.54) is 23.5 Å². The number of halogens is 1. The molecule has 0 radical (unpaired) electrons. The Morgan fingerprint density at radius 3 is 2.71 bits per heavy atom. The van der Waals surface area contributed by atoms with Gasteiger partial charge in [-0.3, -0.25) is 9.59 Å². The van der Waals surface area contributed by atoms with Gasteiger partial charge in [-0.05, 0) is 60.7 Å². The summed E-state index contributed by atoms with van der Waals surface area (Å²) < 4.78 is 14.3. The van der Waals surface area contributed by atoms with Gasteiger partial charge in [-0.15, -0.1) is 11.3 Å². The summed E-state index contributed by atoms with van der Waals surface area (Å²) in [6.07, 6.45) is 2.13. The average molecular weight is 347 g/mol. The first-order chi connectivity index (χ1) is 11.5. The van der Waals surface area contributed by atoms with Gasteiger partial charge in [0.1, 0.15) is 5.82 Å². The van der Waals surface area contributed by atoms with Crippen molar-refractivity contribution in [1.29, 1.82) is 0 Å². The summed E-state index contributed by atoms with van der Waals surface area (Å²) in [7, 11) is 0. The fourth-order valence-corrected chi connectivity index (χ4v) is 4.96. The molecule has 2 heterocycles. The minimum atomic E-state index is -0.808. The molecule has 1 N–H and O–H groups in total. The first-order valence-corrected chi connectivity index (χ1v) is 8.98. The van der Waals surface area contributed by atoms with Crippen LogP contribution in [-0.4, -0.2) is 35.0 Å². The number of hydrogen-bond donors (Lipinski definition) is 1. The van der Waals surface area contributed by atoms with Gasteiger partial charge in [-0.1, -0.05) is 0 Å². The minimum Gasteiger partial charge on any atom is -0.481 e. The van der Waals surface area contributed by atoms with Crippen molar-refractivity contribution < 1.29 is 19.1 Å². The summed E-state index contributed by atoms with van der Waals surface area (Å²) in [5.74, 6) is -1.20. The molecule has 24 heavy (non-hydrogen) atoms. The fraction of sp³-hybridized carbons (Fsp3) is 0.444. The van der Waals surface area contributed by atoms with Gasteiger partial charge in [-0.2, -0.15) is 0 Å². The summed E-state index contributed by atoms with van der Waals surface area (Å²) in [5, 5.41) is 10.2. The van der Waals surface area contributed by atoms with E-state index in [1.54, 1.807) is 11.0 Å². The SMILES string of the molecule is Cc1c(C(=O)N2C[C@H](C(=O)O)[C@@H](C3CC3)C2)sc2ccc(F)cc12. The van der Waals surface area contributed by atoms with Crippen molar-refractivity contribution in [1.82, 2.24) is 4.90 Å². The number of fused-ring (bicyclic) bond motifs is 1. The van der Waals surface area contributed by atoms with Gasteiger partial charge < -0.3 is 10.0 Å². The van der Waals surface area contributed by atoms with Crippen molar-refractivity contribution in [3.05, 3.63) is 34.5 Å². The van der Waals surface area contributed by atoms with Gasteiger partial charge in [0, 0.05) is 17.8 Å². The topological polar surface area (TPSA) is 57.6 Å². The largest absolute Gasteiger partial charge is 0.481 e. The summed E-state index contributed by atoms with van der Waals surface area (Å²) in [5.41, 5.74) is 0.779. The number of rotatable bonds is 3. The van der Waals surface area contributed by atoms with Crippen LogP contribution in [0.1, 0.15) is 28.1 Å². The van der Waals surface area contributed by atoms with Crippen LogP contribution >= 0.6 is 11.3 Å². The highest BCUT2D eigenvalue weighted by atomic mass is 32.1. The quantitative estimate of drug-likeness (QED) is 0.924. The number of aryl methyl sites for hydroxylation is 1. The van der Waals surface area contributed by atoms with Crippen LogP contribution in [0.4, 0.5) is 4.39 Å². The van der Waals surface area contributed by atoms with Gasteiger partial charge in [0.25, 0.3) is 5.91 Å². The highest BCUT2D eigenvalue weighted by Gasteiger charge is 2.47. The number of carboxylic acids is 1. The molecule has 0 bridgehead atoms. The summed E-state index contributed by atoms with van der Waals surface area (Å²) in [6, 6.07) is 4.54. The number of thiophene rings is 1. The molecule has 1 aromatic carbocycles. The van der Waals surface area contributed by atoms with E-state index in [0.29, 0.717) is 17.3 Å². The Morgan fingerprint density at radius 2 is 2.04 bits per heavy atom. The average Bonchev–Trinajstić information content (AvgIpc) is 3.21. The number of carbonyl (C=O) groups excluding carboxylic acids is 1. The number of carboxylic acid groups (broad SMARTS) is 1. The normalized spacial score (nSPS) is 23.8. The molecule has 1 amide bonds. The lowest BCUT2D eigenvalue weighted by molar-refractivity contribution is -0.142. The highest BCUT2D eigenvalue weighted by molar-refractivity contribution is 7.21. The second-order valence-electron chi connectivity index (χ2n) is 6.85. The smallest absolute Gasteiger partial charge is 0.308 e. The van der Waals surface area contributed by atoms with E-state index >= 15 is 0 Å². The molecule has 1 saturated heterocycles. The second-order valence-corrected chi connectivity index (χ2v) is 7.91. The lowest BCUT2D eigenvalue weighted by atomic mass is 9.92. The third-order valence-electron chi connectivity index (χ3n) is 5.29. The Labute approximate surface area is 142 Å². The highest BCUT2D eigenvalue weighted by Crippen LogP contribution is 2.44. The Balaban J connectivity index is 1.64. The van der Waals surface area contributed by atoms with E-state index in [1.807, 2.05) is 6.92 Å². The molecular weight excluding hydrogens is 329 g/mol. The number of carbonyl (C=O) groups is 2. The first-order valence-electron chi connectivity index (χ1n) is 8.16. The molecule has 1 aromatic heterocycles. The van der Waals surface area contributed by atoms with Crippen molar-refractivity contribution in [3.63, 3.8) is 0 Å². The maximum Gasteiger partial charge on any atom is 0.308 e. The third-order valence-corrected chi connectivity index (χ3v) is 6.55. The number of likely N-dealkylation sites (tertiary alicyclic amines) is 1. The molecule has 2 aliphatic rings. The third kappa shape index (κ3) is 2.49. The van der Waals surface area contributed by atoms with Crippen LogP contribution in [0, 0.1) is 30.5 Å². The Hall–Kier alpha value is -1.95. The first kappa shape index (κ1) is 15.6. The summed E-state index contributed by atoms with van der Waals surface area (Å²) in [6.45, 7) is 2.62. The van der Waals surface area contributed by atoms with Crippen molar-refractivity contribution in [2.45, 2.75) is 19.8 Å². The van der Waals surface area contributed by atoms with Crippen LogP contribution in [0.15, 0.2) is 18.2 Å². The van der Waals surface area contributed by atoms with E-state index in [4.69, 9.17) is 0 Å².